The zero-order chi connectivity index (χ0) is 17.7. The number of nitrogens with zero attached hydrogens (tertiary/aromatic N) is 1. The lowest BCUT2D eigenvalue weighted by atomic mass is 10.2. The van der Waals surface area contributed by atoms with Crippen molar-refractivity contribution >= 4 is 58.0 Å². The monoisotopic (exact) mass is 384 g/mol. The minimum atomic E-state index is -0.211. The Balaban J connectivity index is 2.02. The average Bonchev–Trinajstić information content (AvgIpc) is 2.48. The first-order valence-electron chi connectivity index (χ1n) is 7.15. The molecule has 7 heteroatoms. The van der Waals surface area contributed by atoms with E-state index >= 15 is 0 Å². The molecule has 0 saturated heterocycles. The van der Waals surface area contributed by atoms with Gasteiger partial charge < -0.3 is 10.2 Å². The number of anilines is 2. The van der Waals surface area contributed by atoms with Gasteiger partial charge in [0.15, 0.2) is 0 Å². The molecule has 1 N–H and O–H groups in total. The summed E-state index contributed by atoms with van der Waals surface area (Å²) in [5.41, 5.74) is 1.20. The predicted octanol–water partition coefficient (Wildman–Crippen LogP) is 5.03. The lowest BCUT2D eigenvalue weighted by molar-refractivity contribution is -0.117. The van der Waals surface area contributed by atoms with Crippen LogP contribution in [0.25, 0.3) is 0 Å². The number of benzene rings is 2. The summed E-state index contributed by atoms with van der Waals surface area (Å²) in [5, 5.41) is 4.19. The summed E-state index contributed by atoms with van der Waals surface area (Å²) in [7, 11) is 0. The van der Waals surface area contributed by atoms with Crippen LogP contribution in [0.5, 0.6) is 0 Å². The molecule has 126 valence electrons. The van der Waals surface area contributed by atoms with E-state index in [9.17, 15) is 9.59 Å². The molecule has 2 amide bonds. The fraction of sp³-hybridized carbons (Fsp3) is 0.176. The number of carbonyl (C=O) groups is 2. The predicted molar refractivity (Wildman–Crippen MR) is 99.2 cm³/mol. The van der Waals surface area contributed by atoms with E-state index in [0.29, 0.717) is 26.4 Å². The highest BCUT2D eigenvalue weighted by Crippen LogP contribution is 2.26. The number of hydrogen-bond acceptors (Lipinski definition) is 2. The highest BCUT2D eigenvalue weighted by atomic mass is 35.5. The number of amides is 2. The van der Waals surface area contributed by atoms with Gasteiger partial charge >= 0.3 is 0 Å². The fourth-order valence-electron chi connectivity index (χ4n) is 2.13. The first-order chi connectivity index (χ1) is 11.3. The van der Waals surface area contributed by atoms with Crippen molar-refractivity contribution in [3.05, 3.63) is 57.5 Å². The van der Waals surface area contributed by atoms with Gasteiger partial charge in [0.05, 0.1) is 0 Å². The summed E-state index contributed by atoms with van der Waals surface area (Å²) in [6.45, 7) is 1.64. The van der Waals surface area contributed by atoms with Crippen LogP contribution in [0.3, 0.4) is 0 Å². The fourth-order valence-corrected chi connectivity index (χ4v) is 2.77. The Morgan fingerprint density at radius 2 is 1.54 bits per heavy atom. The molecule has 0 bridgehead atoms. The minimum absolute atomic E-state index is 0.131. The second kappa shape index (κ2) is 8.38. The standard InChI is InChI=1S/C17H15Cl3N2O2/c1-11(23)22(16-9-13(19)8-14(20)10-16)7-6-17(24)21-15-4-2-12(18)3-5-15/h2-5,8-10H,6-7H2,1H3,(H,21,24). The zero-order valence-corrected chi connectivity index (χ0v) is 15.1. The van der Waals surface area contributed by atoms with Crippen molar-refractivity contribution in [3.8, 4) is 0 Å². The van der Waals surface area contributed by atoms with Crippen LogP contribution in [-0.4, -0.2) is 18.4 Å². The molecule has 0 heterocycles. The van der Waals surface area contributed by atoms with Crippen molar-refractivity contribution in [3.63, 3.8) is 0 Å². The van der Waals surface area contributed by atoms with Crippen LogP contribution in [0.2, 0.25) is 15.1 Å². The van der Waals surface area contributed by atoms with Gasteiger partial charge in [-0.3, -0.25) is 9.59 Å². The molecule has 2 aromatic carbocycles. The third-order valence-corrected chi connectivity index (χ3v) is 3.92. The number of nitrogens with one attached hydrogen (secondary N) is 1. The Kier molecular flexibility index (Phi) is 6.49. The lowest BCUT2D eigenvalue weighted by Crippen LogP contribution is -2.32. The minimum Gasteiger partial charge on any atom is -0.326 e. The molecule has 24 heavy (non-hydrogen) atoms. The quantitative estimate of drug-likeness (QED) is 0.785. The van der Waals surface area contributed by atoms with Crippen molar-refractivity contribution in [2.24, 2.45) is 0 Å². The topological polar surface area (TPSA) is 49.4 Å². The summed E-state index contributed by atoms with van der Waals surface area (Å²) in [6.07, 6.45) is 0.131. The van der Waals surface area contributed by atoms with Crippen molar-refractivity contribution in [1.82, 2.24) is 0 Å². The molecule has 0 fully saturated rings. The summed E-state index contributed by atoms with van der Waals surface area (Å²) in [4.78, 5) is 25.4. The highest BCUT2D eigenvalue weighted by Gasteiger charge is 2.15. The van der Waals surface area contributed by atoms with Crippen LogP contribution >= 0.6 is 34.8 Å². The Labute approximate surface area is 155 Å². The molecule has 0 atom stereocenters. The van der Waals surface area contributed by atoms with Crippen LogP contribution in [0, 0.1) is 0 Å². The molecule has 0 radical (unpaired) electrons. The van der Waals surface area contributed by atoms with Gasteiger partial charge in [0.1, 0.15) is 0 Å². The van der Waals surface area contributed by atoms with Crippen LogP contribution in [-0.2, 0) is 9.59 Å². The molecular weight excluding hydrogens is 371 g/mol. The van der Waals surface area contributed by atoms with Crippen molar-refractivity contribution < 1.29 is 9.59 Å². The van der Waals surface area contributed by atoms with Crippen LogP contribution in [0.1, 0.15) is 13.3 Å². The molecule has 0 aliphatic carbocycles. The number of halogens is 3. The van der Waals surface area contributed by atoms with Gasteiger partial charge in [0.2, 0.25) is 11.8 Å². The molecule has 4 nitrogen and oxygen atoms in total. The van der Waals surface area contributed by atoms with Gasteiger partial charge in [-0.05, 0) is 42.5 Å². The van der Waals surface area contributed by atoms with Crippen LogP contribution in [0.15, 0.2) is 42.5 Å². The molecule has 0 aliphatic heterocycles. The molecule has 0 spiro atoms. The van der Waals surface area contributed by atoms with Gasteiger partial charge in [-0.1, -0.05) is 34.8 Å². The number of carbonyl (C=O) groups excluding carboxylic acids is 2. The highest BCUT2D eigenvalue weighted by molar-refractivity contribution is 6.35. The average molecular weight is 386 g/mol. The van der Waals surface area contributed by atoms with E-state index in [1.165, 1.54) is 11.8 Å². The molecule has 0 saturated carbocycles. The molecule has 2 rings (SSSR count). The van der Waals surface area contributed by atoms with Gasteiger partial charge in [-0.25, -0.2) is 0 Å². The second-order valence-electron chi connectivity index (χ2n) is 5.10. The maximum Gasteiger partial charge on any atom is 0.226 e. The maximum absolute atomic E-state index is 12.1. The summed E-state index contributed by atoms with van der Waals surface area (Å²) >= 11 is 17.7. The third-order valence-electron chi connectivity index (χ3n) is 3.23. The van der Waals surface area contributed by atoms with Gasteiger partial charge in [0, 0.05) is 46.3 Å². The Bertz CT molecular complexity index is 728. The molecule has 0 aromatic heterocycles. The second-order valence-corrected chi connectivity index (χ2v) is 6.41. The van der Waals surface area contributed by atoms with Gasteiger partial charge in [-0.15, -0.1) is 0 Å². The zero-order valence-electron chi connectivity index (χ0n) is 12.9. The maximum atomic E-state index is 12.1. The Hall–Kier alpha value is -1.75. The Morgan fingerprint density at radius 1 is 0.958 bits per heavy atom. The van der Waals surface area contributed by atoms with Gasteiger partial charge in [-0.2, -0.15) is 0 Å². The van der Waals surface area contributed by atoms with Crippen LogP contribution in [0.4, 0.5) is 11.4 Å². The van der Waals surface area contributed by atoms with E-state index in [1.54, 1.807) is 42.5 Å². The van der Waals surface area contributed by atoms with E-state index < -0.39 is 0 Å². The van der Waals surface area contributed by atoms with E-state index in [-0.39, 0.29) is 24.8 Å². The molecule has 0 aliphatic rings. The summed E-state index contributed by atoms with van der Waals surface area (Å²) in [6, 6.07) is 11.6. The lowest BCUT2D eigenvalue weighted by Gasteiger charge is -2.21. The molecule has 2 aromatic rings. The molecular formula is C17H15Cl3N2O2. The first-order valence-corrected chi connectivity index (χ1v) is 8.28. The van der Waals surface area contributed by atoms with Crippen LogP contribution < -0.4 is 10.2 Å². The van der Waals surface area contributed by atoms with E-state index in [2.05, 4.69) is 5.32 Å². The normalized spacial score (nSPS) is 10.3. The van der Waals surface area contributed by atoms with Crippen molar-refractivity contribution in [2.75, 3.05) is 16.8 Å². The SMILES string of the molecule is CC(=O)N(CCC(=O)Nc1ccc(Cl)cc1)c1cc(Cl)cc(Cl)c1. The number of rotatable bonds is 5. The smallest absolute Gasteiger partial charge is 0.226 e. The van der Waals surface area contributed by atoms with Crippen molar-refractivity contribution in [1.29, 1.82) is 0 Å². The summed E-state index contributed by atoms with van der Waals surface area (Å²) < 4.78 is 0. The van der Waals surface area contributed by atoms with Crippen molar-refractivity contribution in [2.45, 2.75) is 13.3 Å². The van der Waals surface area contributed by atoms with E-state index in [1.807, 2.05) is 0 Å². The van der Waals surface area contributed by atoms with E-state index in [0.717, 1.165) is 0 Å². The largest absolute Gasteiger partial charge is 0.326 e. The van der Waals surface area contributed by atoms with Gasteiger partial charge in [0.25, 0.3) is 0 Å². The van der Waals surface area contributed by atoms with E-state index in [4.69, 9.17) is 34.8 Å². The Morgan fingerprint density at radius 3 is 2.08 bits per heavy atom. The summed E-state index contributed by atoms with van der Waals surface area (Å²) in [5.74, 6) is -0.413. The molecule has 0 unspecified atom stereocenters. The first kappa shape index (κ1) is 18.6. The number of hydrogen-bond donors (Lipinski definition) is 1. The third kappa shape index (κ3) is 5.41.